The molecule has 82 valence electrons. The van der Waals surface area contributed by atoms with Gasteiger partial charge in [0.25, 0.3) is 0 Å². The van der Waals surface area contributed by atoms with Gasteiger partial charge < -0.3 is 15.2 Å². The number of hydrogen-bond donors (Lipinski definition) is 1. The fourth-order valence-electron chi connectivity index (χ4n) is 1.82. The molecule has 0 aliphatic carbocycles. The van der Waals surface area contributed by atoms with Gasteiger partial charge in [-0.3, -0.25) is 0 Å². The molecule has 2 rings (SSSR count). The van der Waals surface area contributed by atoms with Crippen molar-refractivity contribution in [2.75, 3.05) is 13.2 Å². The molecule has 1 aromatic rings. The molecule has 0 bridgehead atoms. The Morgan fingerprint density at radius 1 is 1.13 bits per heavy atom. The largest absolute Gasteiger partial charge is 0.347 e. The lowest BCUT2D eigenvalue weighted by atomic mass is 10.0. The van der Waals surface area contributed by atoms with E-state index in [4.69, 9.17) is 15.2 Å². The van der Waals surface area contributed by atoms with Gasteiger partial charge in [0.2, 0.25) is 0 Å². The van der Waals surface area contributed by atoms with E-state index in [1.54, 1.807) is 0 Å². The van der Waals surface area contributed by atoms with Gasteiger partial charge in [0.15, 0.2) is 5.79 Å². The molecule has 15 heavy (non-hydrogen) atoms. The van der Waals surface area contributed by atoms with E-state index in [2.05, 4.69) is 12.1 Å². The molecule has 1 heterocycles. The molecule has 1 saturated heterocycles. The summed E-state index contributed by atoms with van der Waals surface area (Å²) in [6.45, 7) is 3.95. The van der Waals surface area contributed by atoms with Crippen molar-refractivity contribution in [1.29, 1.82) is 0 Å². The predicted octanol–water partition coefficient (Wildman–Crippen LogP) is 1.45. The smallest absolute Gasteiger partial charge is 0.169 e. The van der Waals surface area contributed by atoms with Crippen LogP contribution in [-0.2, 0) is 22.4 Å². The summed E-state index contributed by atoms with van der Waals surface area (Å²) in [5.74, 6) is -0.440. The fraction of sp³-hybridized carbons (Fsp3) is 0.500. The molecule has 3 heteroatoms. The average molecular weight is 207 g/mol. The van der Waals surface area contributed by atoms with Crippen molar-refractivity contribution in [3.05, 3.63) is 35.4 Å². The van der Waals surface area contributed by atoms with Crippen LogP contribution in [-0.4, -0.2) is 19.0 Å². The minimum absolute atomic E-state index is 0.440. The van der Waals surface area contributed by atoms with Gasteiger partial charge in [-0.25, -0.2) is 0 Å². The lowest BCUT2D eigenvalue weighted by molar-refractivity contribution is -0.140. The first-order valence-corrected chi connectivity index (χ1v) is 5.28. The highest BCUT2D eigenvalue weighted by molar-refractivity contribution is 5.23. The number of ether oxygens (including phenoxy) is 2. The SMILES string of the molecule is CC1(Cc2ccc(CN)cc2)OCCO1. The zero-order valence-electron chi connectivity index (χ0n) is 9.03. The lowest BCUT2D eigenvalue weighted by Crippen LogP contribution is -2.28. The average Bonchev–Trinajstić information content (AvgIpc) is 2.66. The molecule has 0 atom stereocenters. The second-order valence-electron chi connectivity index (χ2n) is 4.03. The van der Waals surface area contributed by atoms with Gasteiger partial charge in [-0.1, -0.05) is 24.3 Å². The summed E-state index contributed by atoms with van der Waals surface area (Å²) in [7, 11) is 0. The van der Waals surface area contributed by atoms with Gasteiger partial charge >= 0.3 is 0 Å². The van der Waals surface area contributed by atoms with Crippen LogP contribution in [0.25, 0.3) is 0 Å². The Kier molecular flexibility index (Phi) is 3.05. The monoisotopic (exact) mass is 207 g/mol. The fourth-order valence-corrected chi connectivity index (χ4v) is 1.82. The van der Waals surface area contributed by atoms with Crippen molar-refractivity contribution in [2.45, 2.75) is 25.7 Å². The maximum Gasteiger partial charge on any atom is 0.169 e. The Morgan fingerprint density at radius 2 is 1.67 bits per heavy atom. The van der Waals surface area contributed by atoms with Crippen molar-refractivity contribution in [1.82, 2.24) is 0 Å². The number of hydrogen-bond acceptors (Lipinski definition) is 3. The number of rotatable bonds is 3. The van der Waals surface area contributed by atoms with Crippen LogP contribution in [0.1, 0.15) is 18.1 Å². The van der Waals surface area contributed by atoms with E-state index in [1.807, 2.05) is 19.1 Å². The molecule has 0 radical (unpaired) electrons. The van der Waals surface area contributed by atoms with E-state index in [0.717, 1.165) is 12.0 Å². The third-order valence-corrected chi connectivity index (χ3v) is 2.68. The summed E-state index contributed by atoms with van der Waals surface area (Å²) in [6.07, 6.45) is 0.790. The molecule has 1 aromatic carbocycles. The summed E-state index contributed by atoms with van der Waals surface area (Å²) in [4.78, 5) is 0. The van der Waals surface area contributed by atoms with E-state index < -0.39 is 5.79 Å². The molecule has 0 aromatic heterocycles. The standard InChI is InChI=1S/C12H17NO2/c1-12(14-6-7-15-12)8-10-2-4-11(9-13)5-3-10/h2-5H,6-9,13H2,1H3. The van der Waals surface area contributed by atoms with Crippen LogP contribution >= 0.6 is 0 Å². The molecule has 0 unspecified atom stereocenters. The first-order valence-electron chi connectivity index (χ1n) is 5.28. The summed E-state index contributed by atoms with van der Waals surface area (Å²) in [5.41, 5.74) is 7.91. The third-order valence-electron chi connectivity index (χ3n) is 2.68. The Bertz CT molecular complexity index is 315. The third kappa shape index (κ3) is 2.56. The highest BCUT2D eigenvalue weighted by Crippen LogP contribution is 2.23. The zero-order valence-corrected chi connectivity index (χ0v) is 9.03. The summed E-state index contributed by atoms with van der Waals surface area (Å²) < 4.78 is 11.1. The number of nitrogens with two attached hydrogens (primary N) is 1. The van der Waals surface area contributed by atoms with Crippen molar-refractivity contribution < 1.29 is 9.47 Å². The van der Waals surface area contributed by atoms with Crippen LogP contribution < -0.4 is 5.73 Å². The molecule has 1 fully saturated rings. The second-order valence-corrected chi connectivity index (χ2v) is 4.03. The van der Waals surface area contributed by atoms with Crippen LogP contribution in [0.5, 0.6) is 0 Å². The Hall–Kier alpha value is -0.900. The van der Waals surface area contributed by atoms with Crippen molar-refractivity contribution >= 4 is 0 Å². The molecule has 1 aliphatic rings. The summed E-state index contributed by atoms with van der Waals surface area (Å²) in [5, 5.41) is 0. The van der Waals surface area contributed by atoms with Gasteiger partial charge in [0.1, 0.15) is 0 Å². The normalized spacial score (nSPS) is 19.3. The predicted molar refractivity (Wildman–Crippen MR) is 58.3 cm³/mol. The quantitative estimate of drug-likeness (QED) is 0.816. The minimum Gasteiger partial charge on any atom is -0.347 e. The van der Waals surface area contributed by atoms with Crippen LogP contribution in [0.4, 0.5) is 0 Å². The minimum atomic E-state index is -0.440. The highest BCUT2D eigenvalue weighted by Gasteiger charge is 2.30. The molecular weight excluding hydrogens is 190 g/mol. The Morgan fingerprint density at radius 3 is 2.20 bits per heavy atom. The second kappa shape index (κ2) is 4.31. The van der Waals surface area contributed by atoms with Crippen molar-refractivity contribution in [3.8, 4) is 0 Å². The van der Waals surface area contributed by atoms with E-state index >= 15 is 0 Å². The lowest BCUT2D eigenvalue weighted by Gasteiger charge is -2.22. The van der Waals surface area contributed by atoms with E-state index in [1.165, 1.54) is 5.56 Å². The van der Waals surface area contributed by atoms with Gasteiger partial charge in [-0.05, 0) is 18.1 Å². The highest BCUT2D eigenvalue weighted by atomic mass is 16.7. The van der Waals surface area contributed by atoms with Crippen LogP contribution in [0.15, 0.2) is 24.3 Å². The topological polar surface area (TPSA) is 44.5 Å². The van der Waals surface area contributed by atoms with Crippen molar-refractivity contribution in [2.24, 2.45) is 5.73 Å². The van der Waals surface area contributed by atoms with Gasteiger partial charge in [0, 0.05) is 13.0 Å². The van der Waals surface area contributed by atoms with Crippen LogP contribution in [0.2, 0.25) is 0 Å². The molecule has 3 nitrogen and oxygen atoms in total. The van der Waals surface area contributed by atoms with E-state index in [-0.39, 0.29) is 0 Å². The van der Waals surface area contributed by atoms with Gasteiger partial charge in [0.05, 0.1) is 13.2 Å². The molecular formula is C12H17NO2. The molecule has 1 aliphatic heterocycles. The van der Waals surface area contributed by atoms with E-state index in [0.29, 0.717) is 19.8 Å². The van der Waals surface area contributed by atoms with Crippen LogP contribution in [0.3, 0.4) is 0 Å². The molecule has 0 spiro atoms. The summed E-state index contributed by atoms with van der Waals surface area (Å²) >= 11 is 0. The summed E-state index contributed by atoms with van der Waals surface area (Å²) in [6, 6.07) is 8.26. The number of benzene rings is 1. The van der Waals surface area contributed by atoms with Crippen molar-refractivity contribution in [3.63, 3.8) is 0 Å². The maximum absolute atomic E-state index is 5.55. The maximum atomic E-state index is 5.55. The van der Waals surface area contributed by atoms with Crippen LogP contribution in [0, 0.1) is 0 Å². The molecule has 2 N–H and O–H groups in total. The van der Waals surface area contributed by atoms with Gasteiger partial charge in [-0.2, -0.15) is 0 Å². The Balaban J connectivity index is 2.04. The molecule has 0 amide bonds. The van der Waals surface area contributed by atoms with Gasteiger partial charge in [-0.15, -0.1) is 0 Å². The zero-order chi connectivity index (χ0) is 10.7. The first-order chi connectivity index (χ1) is 7.22. The first kappa shape index (κ1) is 10.6. The van der Waals surface area contributed by atoms with E-state index in [9.17, 15) is 0 Å². The Labute approximate surface area is 90.2 Å². The molecule has 0 saturated carbocycles.